The number of piperidine rings is 1. The summed E-state index contributed by atoms with van der Waals surface area (Å²) < 4.78 is 2.03. The summed E-state index contributed by atoms with van der Waals surface area (Å²) in [6.45, 7) is 5.72. The molecule has 3 rings (SSSR count). The van der Waals surface area contributed by atoms with Crippen LogP contribution in [0.3, 0.4) is 0 Å². The van der Waals surface area contributed by atoms with Crippen molar-refractivity contribution in [1.82, 2.24) is 14.3 Å². The zero-order valence-corrected chi connectivity index (χ0v) is 12.3. The molecular formula is C15H20ClN3. The zero-order chi connectivity index (χ0) is 13.4. The van der Waals surface area contributed by atoms with Crippen LogP contribution in [-0.4, -0.2) is 26.9 Å². The van der Waals surface area contributed by atoms with E-state index < -0.39 is 0 Å². The lowest BCUT2D eigenvalue weighted by Gasteiger charge is -2.37. The largest absolute Gasteiger partial charge is 0.305 e. The van der Waals surface area contributed by atoms with Crippen LogP contribution in [-0.2, 0) is 0 Å². The Morgan fingerprint density at radius 2 is 2.11 bits per heavy atom. The minimum absolute atomic E-state index is 0.451. The smallest absolute Gasteiger partial charge is 0.137 e. The Kier molecular flexibility index (Phi) is 3.50. The number of hydrogen-bond acceptors (Lipinski definition) is 2. The topological polar surface area (TPSA) is 20.5 Å². The zero-order valence-electron chi connectivity index (χ0n) is 11.5. The van der Waals surface area contributed by atoms with Gasteiger partial charge in [0, 0.05) is 18.4 Å². The molecule has 0 aliphatic carbocycles. The number of nitrogens with zero attached hydrogens (tertiary/aromatic N) is 3. The fraction of sp³-hybridized carbons (Fsp3) is 0.533. The second-order valence-electron chi connectivity index (χ2n) is 5.62. The first kappa shape index (κ1) is 12.9. The maximum absolute atomic E-state index is 6.03. The van der Waals surface area contributed by atoms with E-state index in [1.165, 1.54) is 31.5 Å². The first-order chi connectivity index (χ1) is 9.15. The van der Waals surface area contributed by atoms with Gasteiger partial charge in [-0.1, -0.05) is 18.0 Å². The second-order valence-corrected chi connectivity index (χ2v) is 6.06. The van der Waals surface area contributed by atoms with Crippen molar-refractivity contribution in [3.63, 3.8) is 0 Å². The highest BCUT2D eigenvalue weighted by atomic mass is 35.5. The monoisotopic (exact) mass is 277 g/mol. The van der Waals surface area contributed by atoms with E-state index in [2.05, 4.69) is 24.9 Å². The van der Waals surface area contributed by atoms with E-state index >= 15 is 0 Å². The number of halogens is 1. The highest BCUT2D eigenvalue weighted by Gasteiger charge is 2.27. The minimum atomic E-state index is 0.451. The summed E-state index contributed by atoms with van der Waals surface area (Å²) in [5.74, 6) is 0. The molecular weight excluding hydrogens is 258 g/mol. The standard InChI is InChI=1S/C15H20ClN3/c1-11(2)19-8-4-3-5-14(19)13-10-18-9-12(16)6-7-15(18)17-13/h6-7,9-11,14H,3-5,8H2,1-2H3. The summed E-state index contributed by atoms with van der Waals surface area (Å²) in [5, 5.41) is 0.751. The quantitative estimate of drug-likeness (QED) is 0.829. The van der Waals surface area contributed by atoms with Gasteiger partial charge >= 0.3 is 0 Å². The van der Waals surface area contributed by atoms with Crippen molar-refractivity contribution in [2.75, 3.05) is 6.54 Å². The van der Waals surface area contributed by atoms with Crippen LogP contribution in [0.25, 0.3) is 5.65 Å². The van der Waals surface area contributed by atoms with E-state index in [0.717, 1.165) is 10.7 Å². The SMILES string of the molecule is CC(C)N1CCCCC1c1cn2cc(Cl)ccc2n1. The van der Waals surface area contributed by atoms with Crippen molar-refractivity contribution >= 4 is 17.2 Å². The summed E-state index contributed by atoms with van der Waals surface area (Å²) in [7, 11) is 0. The maximum Gasteiger partial charge on any atom is 0.137 e. The van der Waals surface area contributed by atoms with Crippen LogP contribution in [0.15, 0.2) is 24.5 Å². The van der Waals surface area contributed by atoms with Gasteiger partial charge in [0.2, 0.25) is 0 Å². The van der Waals surface area contributed by atoms with Crippen molar-refractivity contribution in [1.29, 1.82) is 0 Å². The predicted octanol–water partition coefficient (Wildman–Crippen LogP) is 3.92. The first-order valence-electron chi connectivity index (χ1n) is 7.05. The van der Waals surface area contributed by atoms with Crippen LogP contribution >= 0.6 is 11.6 Å². The molecule has 1 atom stereocenters. The molecule has 0 amide bonds. The van der Waals surface area contributed by atoms with Gasteiger partial charge in [0.1, 0.15) is 5.65 Å². The van der Waals surface area contributed by atoms with Gasteiger partial charge in [0.05, 0.1) is 16.8 Å². The van der Waals surface area contributed by atoms with Crippen LogP contribution in [0.4, 0.5) is 0 Å². The summed E-state index contributed by atoms with van der Waals surface area (Å²) in [4.78, 5) is 7.34. The summed E-state index contributed by atoms with van der Waals surface area (Å²) >= 11 is 6.03. The number of imidazole rings is 1. The van der Waals surface area contributed by atoms with Crippen LogP contribution in [0.5, 0.6) is 0 Å². The number of rotatable bonds is 2. The average Bonchev–Trinajstić information content (AvgIpc) is 2.81. The molecule has 4 heteroatoms. The Balaban J connectivity index is 1.97. The van der Waals surface area contributed by atoms with Gasteiger partial charge in [-0.25, -0.2) is 4.98 Å². The molecule has 102 valence electrons. The van der Waals surface area contributed by atoms with Crippen molar-refractivity contribution in [3.05, 3.63) is 35.2 Å². The average molecular weight is 278 g/mol. The number of likely N-dealkylation sites (tertiary alicyclic amines) is 1. The number of hydrogen-bond donors (Lipinski definition) is 0. The minimum Gasteiger partial charge on any atom is -0.305 e. The van der Waals surface area contributed by atoms with Gasteiger partial charge < -0.3 is 4.40 Å². The lowest BCUT2D eigenvalue weighted by Crippen LogP contribution is -2.38. The van der Waals surface area contributed by atoms with E-state index in [1.54, 1.807) is 0 Å². The number of pyridine rings is 1. The highest BCUT2D eigenvalue weighted by molar-refractivity contribution is 6.30. The van der Waals surface area contributed by atoms with E-state index in [4.69, 9.17) is 16.6 Å². The van der Waals surface area contributed by atoms with Gasteiger partial charge in [0.15, 0.2) is 0 Å². The van der Waals surface area contributed by atoms with Crippen LogP contribution in [0.1, 0.15) is 44.8 Å². The van der Waals surface area contributed by atoms with Crippen LogP contribution in [0, 0.1) is 0 Å². The lowest BCUT2D eigenvalue weighted by atomic mass is 9.98. The number of fused-ring (bicyclic) bond motifs is 1. The third-order valence-corrected chi connectivity index (χ3v) is 4.21. The summed E-state index contributed by atoms with van der Waals surface area (Å²) in [6, 6.07) is 4.90. The summed E-state index contributed by atoms with van der Waals surface area (Å²) in [5.41, 5.74) is 2.16. The van der Waals surface area contributed by atoms with Crippen molar-refractivity contribution in [3.8, 4) is 0 Å². The molecule has 2 aromatic rings. The highest BCUT2D eigenvalue weighted by Crippen LogP contribution is 2.32. The van der Waals surface area contributed by atoms with E-state index in [9.17, 15) is 0 Å². The normalized spacial score (nSPS) is 21.4. The Bertz CT molecular complexity index is 576. The third kappa shape index (κ3) is 2.49. The Hall–Kier alpha value is -1.06. The van der Waals surface area contributed by atoms with Crippen molar-refractivity contribution in [2.24, 2.45) is 0 Å². The predicted molar refractivity (Wildman–Crippen MR) is 78.6 cm³/mol. The Morgan fingerprint density at radius 3 is 2.89 bits per heavy atom. The molecule has 1 aliphatic rings. The summed E-state index contributed by atoms with van der Waals surface area (Å²) in [6.07, 6.45) is 7.86. The molecule has 0 spiro atoms. The second kappa shape index (κ2) is 5.14. The lowest BCUT2D eigenvalue weighted by molar-refractivity contribution is 0.109. The van der Waals surface area contributed by atoms with Gasteiger partial charge in [-0.15, -0.1) is 0 Å². The third-order valence-electron chi connectivity index (χ3n) is 3.98. The number of aromatic nitrogens is 2. The molecule has 1 fully saturated rings. The van der Waals surface area contributed by atoms with Gasteiger partial charge in [-0.05, 0) is 45.4 Å². The molecule has 1 unspecified atom stereocenters. The molecule has 0 radical (unpaired) electrons. The fourth-order valence-corrected chi connectivity index (χ4v) is 3.20. The first-order valence-corrected chi connectivity index (χ1v) is 7.43. The van der Waals surface area contributed by atoms with Gasteiger partial charge in [0.25, 0.3) is 0 Å². The molecule has 3 nitrogen and oxygen atoms in total. The molecule has 19 heavy (non-hydrogen) atoms. The van der Waals surface area contributed by atoms with Crippen LogP contribution in [0.2, 0.25) is 5.02 Å². The van der Waals surface area contributed by atoms with Gasteiger partial charge in [-0.2, -0.15) is 0 Å². The molecule has 0 bridgehead atoms. The van der Waals surface area contributed by atoms with Crippen molar-refractivity contribution in [2.45, 2.75) is 45.2 Å². The van der Waals surface area contributed by atoms with E-state index in [0.29, 0.717) is 12.1 Å². The Morgan fingerprint density at radius 1 is 1.26 bits per heavy atom. The fourth-order valence-electron chi connectivity index (χ4n) is 3.03. The maximum atomic E-state index is 6.03. The molecule has 0 N–H and O–H groups in total. The molecule has 2 aromatic heterocycles. The van der Waals surface area contributed by atoms with Crippen molar-refractivity contribution < 1.29 is 0 Å². The van der Waals surface area contributed by atoms with Crippen LogP contribution < -0.4 is 0 Å². The van der Waals surface area contributed by atoms with E-state index in [1.807, 2.05) is 22.7 Å². The molecule has 3 heterocycles. The molecule has 0 aromatic carbocycles. The molecule has 1 aliphatic heterocycles. The molecule has 1 saturated heterocycles. The molecule has 0 saturated carbocycles. The Labute approximate surface area is 119 Å². The van der Waals surface area contributed by atoms with E-state index in [-0.39, 0.29) is 0 Å². The van der Waals surface area contributed by atoms with Gasteiger partial charge in [-0.3, -0.25) is 4.90 Å².